The van der Waals surface area contributed by atoms with Gasteiger partial charge in [0.25, 0.3) is 0 Å². The number of ether oxygens (including phenoxy) is 2. The maximum Gasteiger partial charge on any atom is 0.149 e. The Labute approximate surface area is 224 Å². The van der Waals surface area contributed by atoms with Crippen molar-refractivity contribution < 1.29 is 13.9 Å². The summed E-state index contributed by atoms with van der Waals surface area (Å²) in [6, 6.07) is 6.92. The molecule has 200 valence electrons. The second-order valence-electron chi connectivity index (χ2n) is 10.5. The van der Waals surface area contributed by atoms with Crippen LogP contribution < -0.4 is 10.6 Å². The summed E-state index contributed by atoms with van der Waals surface area (Å²) in [6.07, 6.45) is 9.53. The van der Waals surface area contributed by atoms with E-state index in [0.29, 0.717) is 74.0 Å². The van der Waals surface area contributed by atoms with Crippen molar-refractivity contribution in [1.82, 2.24) is 15.3 Å². The second kappa shape index (κ2) is 13.0. The van der Waals surface area contributed by atoms with Gasteiger partial charge in [0.05, 0.1) is 36.2 Å². The molecule has 1 atom stereocenters. The van der Waals surface area contributed by atoms with Crippen molar-refractivity contribution in [3.63, 3.8) is 0 Å². The third-order valence-electron chi connectivity index (χ3n) is 7.64. The molecular formula is C28H37ClFN5O2. The lowest BCUT2D eigenvalue weighted by atomic mass is 9.81. The van der Waals surface area contributed by atoms with Gasteiger partial charge in [-0.3, -0.25) is 4.98 Å². The Hall–Kier alpha value is -2.31. The minimum absolute atomic E-state index is 0.236. The molecule has 0 radical (unpaired) electrons. The molecule has 3 heterocycles. The Morgan fingerprint density at radius 2 is 1.95 bits per heavy atom. The lowest BCUT2D eigenvalue weighted by Gasteiger charge is -2.31. The molecule has 0 unspecified atom stereocenters. The first kappa shape index (κ1) is 27.7. The maximum absolute atomic E-state index is 14.9. The summed E-state index contributed by atoms with van der Waals surface area (Å²) >= 11 is 6.42. The summed E-state index contributed by atoms with van der Waals surface area (Å²) in [6.45, 7) is 4.49. The molecule has 0 aromatic carbocycles. The molecule has 1 aliphatic carbocycles. The van der Waals surface area contributed by atoms with Crippen LogP contribution in [0.25, 0.3) is 11.1 Å². The van der Waals surface area contributed by atoms with E-state index in [1.165, 1.54) is 6.20 Å². The molecule has 1 saturated carbocycles. The van der Waals surface area contributed by atoms with E-state index < -0.39 is 11.2 Å². The van der Waals surface area contributed by atoms with Crippen LogP contribution in [0.2, 0.25) is 5.15 Å². The summed E-state index contributed by atoms with van der Waals surface area (Å²) < 4.78 is 25.6. The molecule has 0 bridgehead atoms. The number of nitrogens with zero attached hydrogens (tertiary/aromatic N) is 3. The normalized spacial score (nSPS) is 22.2. The van der Waals surface area contributed by atoms with Gasteiger partial charge in [-0.15, -0.1) is 0 Å². The van der Waals surface area contributed by atoms with Crippen LogP contribution in [0.15, 0.2) is 24.5 Å². The van der Waals surface area contributed by atoms with E-state index in [9.17, 15) is 9.65 Å². The number of hydrogen-bond acceptors (Lipinski definition) is 7. The lowest BCUT2D eigenvalue weighted by molar-refractivity contribution is 0.0456. The number of anilines is 1. The highest BCUT2D eigenvalue weighted by atomic mass is 35.5. The second-order valence-corrected chi connectivity index (χ2v) is 10.9. The van der Waals surface area contributed by atoms with Gasteiger partial charge in [0, 0.05) is 55.8 Å². The van der Waals surface area contributed by atoms with Crippen molar-refractivity contribution >= 4 is 17.3 Å². The molecule has 7 nitrogen and oxygen atoms in total. The van der Waals surface area contributed by atoms with Gasteiger partial charge in [-0.1, -0.05) is 11.6 Å². The van der Waals surface area contributed by atoms with Crippen molar-refractivity contribution in [2.75, 3.05) is 38.8 Å². The smallest absolute Gasteiger partial charge is 0.149 e. The summed E-state index contributed by atoms with van der Waals surface area (Å²) in [5, 5.41) is 16.9. The average molecular weight is 530 g/mol. The van der Waals surface area contributed by atoms with Gasteiger partial charge in [-0.05, 0) is 69.9 Å². The zero-order chi connectivity index (χ0) is 26.3. The van der Waals surface area contributed by atoms with Crippen molar-refractivity contribution in [2.24, 2.45) is 11.3 Å². The van der Waals surface area contributed by atoms with Crippen LogP contribution in [0.3, 0.4) is 0 Å². The Morgan fingerprint density at radius 1 is 1.19 bits per heavy atom. The van der Waals surface area contributed by atoms with Gasteiger partial charge in [0.2, 0.25) is 0 Å². The van der Waals surface area contributed by atoms with Crippen LogP contribution in [0, 0.1) is 28.5 Å². The minimum Gasteiger partial charge on any atom is -0.383 e. The largest absolute Gasteiger partial charge is 0.383 e. The van der Waals surface area contributed by atoms with Crippen LogP contribution >= 0.6 is 11.6 Å². The molecule has 0 amide bonds. The highest BCUT2D eigenvalue weighted by molar-refractivity contribution is 6.32. The zero-order valence-electron chi connectivity index (χ0n) is 21.7. The van der Waals surface area contributed by atoms with Crippen LogP contribution in [-0.2, 0) is 15.9 Å². The van der Waals surface area contributed by atoms with Gasteiger partial charge in [0.15, 0.2) is 0 Å². The molecule has 4 rings (SSSR count). The number of rotatable bonds is 10. The fraction of sp³-hybridized carbons (Fsp3) is 0.607. The molecule has 1 aliphatic heterocycles. The summed E-state index contributed by atoms with van der Waals surface area (Å²) in [5.41, 5.74) is 2.00. The number of halogens is 2. The standard InChI is InChI=1S/C28H37ClFN5O2/c1-19(16-36-2)35-21-5-3-20(4-6-21)11-22-12-24(26(30)15-32-22)25-13-23(14-33-27(25)29)34-18-28(17-31)7-9-37-10-8-28/h12-15,19-21,34-35H,3-11,16,18H2,1-2H3/t19-,20?,21?/m1/s1. The van der Waals surface area contributed by atoms with Crippen LogP contribution in [0.5, 0.6) is 0 Å². The fourth-order valence-electron chi connectivity index (χ4n) is 5.42. The molecule has 2 N–H and O–H groups in total. The van der Waals surface area contributed by atoms with Crippen LogP contribution in [0.4, 0.5) is 10.1 Å². The lowest BCUT2D eigenvalue weighted by Crippen LogP contribution is -2.41. The Morgan fingerprint density at radius 3 is 2.65 bits per heavy atom. The number of hydrogen-bond donors (Lipinski definition) is 2. The quantitative estimate of drug-likeness (QED) is 0.398. The number of pyridine rings is 2. The monoisotopic (exact) mass is 529 g/mol. The summed E-state index contributed by atoms with van der Waals surface area (Å²) in [4.78, 5) is 8.68. The Bertz CT molecular complexity index is 1080. The first-order chi connectivity index (χ1) is 17.9. The minimum atomic E-state index is -0.483. The zero-order valence-corrected chi connectivity index (χ0v) is 22.5. The Kier molecular flexibility index (Phi) is 9.71. The fourth-order valence-corrected chi connectivity index (χ4v) is 5.63. The molecule has 37 heavy (non-hydrogen) atoms. The van der Waals surface area contributed by atoms with Crippen molar-refractivity contribution in [1.29, 1.82) is 5.26 Å². The number of aromatic nitrogens is 2. The van der Waals surface area contributed by atoms with E-state index in [4.69, 9.17) is 21.1 Å². The molecule has 1 saturated heterocycles. The van der Waals surface area contributed by atoms with Crippen LogP contribution in [0.1, 0.15) is 51.1 Å². The van der Waals surface area contributed by atoms with Gasteiger partial charge in [-0.25, -0.2) is 9.37 Å². The SMILES string of the molecule is COC[C@@H](C)NC1CCC(Cc2cc(-c3cc(NCC4(C#N)CCOCC4)cnc3Cl)c(F)cn2)CC1. The van der Waals surface area contributed by atoms with Crippen molar-refractivity contribution in [2.45, 2.75) is 64.0 Å². The summed E-state index contributed by atoms with van der Waals surface area (Å²) in [5.74, 6) is 0.0902. The van der Waals surface area contributed by atoms with E-state index in [2.05, 4.69) is 33.6 Å². The van der Waals surface area contributed by atoms with E-state index in [1.807, 2.05) is 6.07 Å². The predicted octanol–water partition coefficient (Wildman–Crippen LogP) is 5.39. The van der Waals surface area contributed by atoms with E-state index in [1.54, 1.807) is 19.4 Å². The van der Waals surface area contributed by atoms with Crippen molar-refractivity contribution in [3.05, 3.63) is 41.2 Å². The first-order valence-corrected chi connectivity index (χ1v) is 13.6. The third kappa shape index (κ3) is 7.38. The molecule has 2 fully saturated rings. The highest BCUT2D eigenvalue weighted by Crippen LogP contribution is 2.34. The molecule has 2 aliphatic rings. The highest BCUT2D eigenvalue weighted by Gasteiger charge is 2.32. The molecular weight excluding hydrogens is 493 g/mol. The predicted molar refractivity (Wildman–Crippen MR) is 143 cm³/mol. The van der Waals surface area contributed by atoms with E-state index in [-0.39, 0.29) is 5.15 Å². The van der Waals surface area contributed by atoms with E-state index in [0.717, 1.165) is 37.8 Å². The topological polar surface area (TPSA) is 92.1 Å². The molecule has 2 aromatic heterocycles. The van der Waals surface area contributed by atoms with Gasteiger partial charge < -0.3 is 20.1 Å². The van der Waals surface area contributed by atoms with Crippen LogP contribution in [-0.4, -0.2) is 55.5 Å². The number of nitrogens with one attached hydrogen (secondary N) is 2. The Balaban J connectivity index is 1.41. The molecule has 2 aromatic rings. The first-order valence-electron chi connectivity index (χ1n) is 13.2. The van der Waals surface area contributed by atoms with E-state index >= 15 is 0 Å². The number of methoxy groups -OCH3 is 1. The molecule has 9 heteroatoms. The third-order valence-corrected chi connectivity index (χ3v) is 7.94. The van der Waals surface area contributed by atoms with Gasteiger partial charge in [-0.2, -0.15) is 5.26 Å². The van der Waals surface area contributed by atoms with Gasteiger partial charge in [0.1, 0.15) is 11.0 Å². The number of nitriles is 1. The maximum atomic E-state index is 14.9. The summed E-state index contributed by atoms with van der Waals surface area (Å²) in [7, 11) is 1.73. The average Bonchev–Trinajstić information content (AvgIpc) is 2.91. The molecule has 0 spiro atoms. The van der Waals surface area contributed by atoms with Gasteiger partial charge >= 0.3 is 0 Å². The van der Waals surface area contributed by atoms with Crippen molar-refractivity contribution in [3.8, 4) is 17.2 Å².